The van der Waals surface area contributed by atoms with Crippen molar-refractivity contribution in [1.82, 2.24) is 0 Å². The normalized spacial score (nSPS) is 35.9. The van der Waals surface area contributed by atoms with Crippen molar-refractivity contribution in [3.05, 3.63) is 0 Å². The van der Waals surface area contributed by atoms with Crippen LogP contribution in [0.1, 0.15) is 0 Å². The minimum Gasteiger partial charge on any atom is -0.790 e. The highest BCUT2D eigenvalue weighted by molar-refractivity contribution is 7.43. The summed E-state index contributed by atoms with van der Waals surface area (Å²) >= 11 is 0. The molecule has 0 aromatic heterocycles. The van der Waals surface area contributed by atoms with Crippen LogP contribution in [0.15, 0.2) is 0 Å². The Kier molecular flexibility index (Phi) is 6.88. The summed E-state index contributed by atoms with van der Waals surface area (Å²) < 4.78 is 56.6. The number of rotatable bonds is 6. The molecule has 1 rings (SSSR count). The maximum atomic E-state index is 14.1. The van der Waals surface area contributed by atoms with Crippen LogP contribution in [0.3, 0.4) is 0 Å². The fourth-order valence-electron chi connectivity index (χ4n) is 1.95. The third-order valence-electron chi connectivity index (χ3n) is 2.73. The second-order valence-electron chi connectivity index (χ2n) is 4.48. The van der Waals surface area contributed by atoms with E-state index in [0.29, 0.717) is 0 Å². The Bertz CT molecular complexity index is 579. The lowest BCUT2D eigenvalue weighted by molar-refractivity contribution is -0.369. The molecule has 0 unspecified atom stereocenters. The number of hydrogen-bond donors (Lipinski definition) is 2. The number of halogens is 1. The van der Waals surface area contributed by atoms with Crippen molar-refractivity contribution < 1.29 is 71.2 Å². The Balaban J connectivity index is 3.23. The summed E-state index contributed by atoms with van der Waals surface area (Å²) in [5.74, 6) is 0. The van der Waals surface area contributed by atoms with Crippen molar-refractivity contribution in [2.24, 2.45) is 0 Å². The van der Waals surface area contributed by atoms with Crippen molar-refractivity contribution in [2.75, 3.05) is 0 Å². The third-order valence-corrected chi connectivity index (χ3v) is 4.23. The van der Waals surface area contributed by atoms with Crippen LogP contribution in [0.25, 0.3) is 0 Å². The Hall–Kier alpha value is 0.180. The first-order valence-corrected chi connectivity index (χ1v) is 10.0. The summed E-state index contributed by atoms with van der Waals surface area (Å²) in [4.78, 5) is 63.3. The summed E-state index contributed by atoms with van der Waals surface area (Å²) in [6.07, 6.45) is -16.9. The van der Waals surface area contributed by atoms with E-state index in [-0.39, 0.29) is 0 Å². The van der Waals surface area contributed by atoms with Gasteiger partial charge in [0, 0.05) is 0 Å². The zero-order chi connectivity index (χ0) is 19.1. The molecule has 0 spiro atoms. The number of alkyl halides is 1. The van der Waals surface area contributed by atoms with E-state index in [2.05, 4.69) is 13.6 Å². The van der Waals surface area contributed by atoms with E-state index in [0.717, 1.165) is 0 Å². The maximum absolute atomic E-state index is 14.1. The van der Waals surface area contributed by atoms with Gasteiger partial charge in [-0.3, -0.25) is 0 Å². The third kappa shape index (κ3) is 6.48. The van der Waals surface area contributed by atoms with Crippen LogP contribution in [0, 0.1) is 0 Å². The minimum atomic E-state index is -6.09. The first kappa shape index (κ1) is 22.2. The van der Waals surface area contributed by atoms with Gasteiger partial charge in [0.25, 0.3) is 0 Å². The van der Waals surface area contributed by atoms with Crippen LogP contribution in [0.2, 0.25) is 0 Å². The number of phosphoric ester groups is 3. The molecule has 6 atom stereocenters. The molecule has 1 aliphatic carbocycles. The lowest BCUT2D eigenvalue weighted by Crippen LogP contribution is -2.64. The first-order chi connectivity index (χ1) is 10.5. The van der Waals surface area contributed by atoms with Gasteiger partial charge < -0.3 is 66.8 Å². The fourth-order valence-corrected chi connectivity index (χ4v) is 3.56. The quantitative estimate of drug-likeness (QED) is 0.382. The molecule has 0 heterocycles. The van der Waals surface area contributed by atoms with Gasteiger partial charge in [-0.1, -0.05) is 0 Å². The predicted octanol–water partition coefficient (Wildman–Crippen LogP) is -6.30. The number of hydrogen-bond acceptors (Lipinski definition) is 14. The van der Waals surface area contributed by atoms with Crippen LogP contribution in [-0.4, -0.2) is 46.9 Å². The van der Waals surface area contributed by atoms with E-state index in [4.69, 9.17) is 0 Å². The largest absolute Gasteiger partial charge is 0.790 e. The van der Waals surface area contributed by atoms with Gasteiger partial charge in [-0.2, -0.15) is 0 Å². The number of aliphatic hydroxyl groups excluding tert-OH is 2. The molecule has 1 fully saturated rings. The average molecular weight is 416 g/mol. The van der Waals surface area contributed by atoms with Crippen LogP contribution in [0.5, 0.6) is 0 Å². The van der Waals surface area contributed by atoms with Crippen molar-refractivity contribution in [3.63, 3.8) is 0 Å². The average Bonchev–Trinajstić information content (AvgIpc) is 2.32. The van der Waals surface area contributed by atoms with Gasteiger partial charge in [0.05, 0.1) is 23.5 Å². The molecule has 0 radical (unpaired) electrons. The van der Waals surface area contributed by atoms with Crippen LogP contribution in [0.4, 0.5) is 4.39 Å². The standard InChI is InChI=1S/C6H14FO14P3/c7-1-4(19-22(10,11)12)2(8)3(9)6(21-24(16,17)18)5(1)20-23(13,14)15/h1-6,8-9H,(H2,10,11,12)(H2,13,14,15)(H2,16,17,18)/p-6/t1-,2+,3-,4-,5+,6+/m0/s1. The summed E-state index contributed by atoms with van der Waals surface area (Å²) in [7, 11) is -18.1. The van der Waals surface area contributed by atoms with Gasteiger partial charge in [-0.05, 0) is 0 Å². The van der Waals surface area contributed by atoms with E-state index >= 15 is 0 Å². The van der Waals surface area contributed by atoms with Gasteiger partial charge in [0.1, 0.15) is 30.5 Å². The van der Waals surface area contributed by atoms with Crippen molar-refractivity contribution >= 4 is 23.5 Å². The molecule has 2 N–H and O–H groups in total. The second-order valence-corrected chi connectivity index (χ2v) is 7.79. The monoisotopic (exact) mass is 416 g/mol. The van der Waals surface area contributed by atoms with E-state index < -0.39 is 60.2 Å². The van der Waals surface area contributed by atoms with Crippen LogP contribution in [-0.2, 0) is 27.3 Å². The van der Waals surface area contributed by atoms with Crippen LogP contribution < -0.4 is 29.4 Å². The highest BCUT2D eigenvalue weighted by Gasteiger charge is 2.53. The minimum absolute atomic E-state index is 2.66. The van der Waals surface area contributed by atoms with Gasteiger partial charge >= 0.3 is 0 Å². The Morgan fingerprint density at radius 3 is 1.33 bits per heavy atom. The fraction of sp³-hybridized carbons (Fsp3) is 1.00. The van der Waals surface area contributed by atoms with E-state index in [1.165, 1.54) is 0 Å². The second kappa shape index (κ2) is 7.43. The zero-order valence-corrected chi connectivity index (χ0v) is 13.7. The van der Waals surface area contributed by atoms with E-state index in [1.54, 1.807) is 0 Å². The molecule has 144 valence electrons. The van der Waals surface area contributed by atoms with Gasteiger partial charge in [-0.15, -0.1) is 0 Å². The molecule has 1 aliphatic rings. The zero-order valence-electron chi connectivity index (χ0n) is 11.0. The topological polar surface area (TPSA) is 258 Å². The molecule has 0 saturated heterocycles. The highest BCUT2D eigenvalue weighted by Crippen LogP contribution is 2.44. The lowest BCUT2D eigenvalue weighted by Gasteiger charge is -2.50. The van der Waals surface area contributed by atoms with E-state index in [9.17, 15) is 57.7 Å². The number of phosphoric acid groups is 3. The molecular formula is C6H8FO14P3-6. The summed E-state index contributed by atoms with van der Waals surface area (Å²) in [5.41, 5.74) is 0. The lowest BCUT2D eigenvalue weighted by atomic mass is 9.86. The van der Waals surface area contributed by atoms with Gasteiger partial charge in [-0.25, -0.2) is 4.39 Å². The predicted molar refractivity (Wildman–Crippen MR) is 54.3 cm³/mol. The SMILES string of the molecule is O=P([O-])([O-])O[C@@H]1[C@H](O)[C@H](O)[C@@H](OP(=O)([O-])[O-])[C@H](OP(=O)([O-])[O-])[C@H]1F. The molecule has 0 aliphatic heterocycles. The molecular weight excluding hydrogens is 408 g/mol. The smallest absolute Gasteiger partial charge is 0.158 e. The number of aliphatic hydroxyl groups is 2. The Morgan fingerprint density at radius 2 is 0.958 bits per heavy atom. The van der Waals surface area contributed by atoms with Crippen LogP contribution >= 0.6 is 23.5 Å². The van der Waals surface area contributed by atoms with Crippen molar-refractivity contribution in [1.29, 1.82) is 0 Å². The van der Waals surface area contributed by atoms with E-state index in [1.807, 2.05) is 0 Å². The molecule has 0 aromatic rings. The summed E-state index contributed by atoms with van der Waals surface area (Å²) in [6, 6.07) is 0. The molecule has 0 amide bonds. The molecule has 0 bridgehead atoms. The molecule has 18 heteroatoms. The Labute approximate surface area is 132 Å². The first-order valence-electron chi connectivity index (χ1n) is 5.63. The summed E-state index contributed by atoms with van der Waals surface area (Å²) in [5, 5.41) is 19.1. The molecule has 14 nitrogen and oxygen atoms in total. The van der Waals surface area contributed by atoms with Gasteiger partial charge in [0.15, 0.2) is 6.17 Å². The Morgan fingerprint density at radius 1 is 0.667 bits per heavy atom. The summed E-state index contributed by atoms with van der Waals surface area (Å²) in [6.45, 7) is 0. The molecule has 1 saturated carbocycles. The maximum Gasteiger partial charge on any atom is 0.158 e. The molecule has 24 heavy (non-hydrogen) atoms. The van der Waals surface area contributed by atoms with Crippen molar-refractivity contribution in [3.8, 4) is 0 Å². The highest BCUT2D eigenvalue weighted by atomic mass is 31.2. The molecule has 0 aromatic carbocycles. The van der Waals surface area contributed by atoms with Crippen molar-refractivity contribution in [2.45, 2.75) is 36.7 Å². The van der Waals surface area contributed by atoms with Gasteiger partial charge in [0.2, 0.25) is 0 Å².